The molecule has 94 heavy (non-hydrogen) atoms. The van der Waals surface area contributed by atoms with Crippen LogP contribution in [-0.4, -0.2) is 106 Å². The fourth-order valence-electron chi connectivity index (χ4n) is 31.2. The van der Waals surface area contributed by atoms with Gasteiger partial charge in [-0.05, 0) is 227 Å². The number of nitrogens with one attached hydrogen (secondary N) is 1. The van der Waals surface area contributed by atoms with Crippen LogP contribution in [0.5, 0.6) is 0 Å². The number of ketones is 1. The first-order valence-electron chi connectivity index (χ1n) is 38.0. The van der Waals surface area contributed by atoms with E-state index in [1.807, 2.05) is 6.07 Å². The SMILES string of the molecule is C[C@@H]1[C@H]2CCC[C@H]2C=C[C@]12CCC[C@]13O[C@]45C(=C[C@@H]21)C[C@H]1CC2(CCCC2)C[C@]12C[C@@H]1C[C@]6(C)[C@]78O[C@@H]7C(=O)O[C@]6(c6ccoc6C[C@@H]([C@H]6CC[C@H]7[C@H](C=CN9CNC[C@@H]79)C6)[C@H](O)CO)CC#C[C@@H]6CC[C@@H](Cc7ccccc7)C[C@@H]6[C@]86[C@H](O)C(=O)[C@H]3[C@@]4(COC(=O)[C@@H]25)[C@@H]16. The van der Waals surface area contributed by atoms with Crippen LogP contribution < -0.4 is 5.32 Å². The lowest BCUT2D eigenvalue weighted by atomic mass is 9.28. The number of rotatable bonds is 8. The Morgan fingerprint density at radius 3 is 2.62 bits per heavy atom. The molecule has 15 fully saturated rings. The molecule has 13 nitrogen and oxygen atoms in total. The molecular weight excluding hydrogens is 1180 g/mol. The van der Waals surface area contributed by atoms with Crippen molar-refractivity contribution in [3.8, 4) is 11.8 Å². The normalized spacial score (nSPS) is 53.5. The number of fused-ring (bicyclic) bond motifs is 6. The zero-order valence-corrected chi connectivity index (χ0v) is 55.3. The van der Waals surface area contributed by atoms with E-state index in [9.17, 15) is 10.2 Å². The quantitative estimate of drug-likeness (QED) is 0.0849. The summed E-state index contributed by atoms with van der Waals surface area (Å²) in [5.41, 5.74) is -6.35. The molecule has 12 aliphatic carbocycles. The molecule has 4 N–H and O–H groups in total. The van der Waals surface area contributed by atoms with E-state index >= 15 is 19.5 Å². The molecule has 5 saturated heterocycles. The van der Waals surface area contributed by atoms with E-state index in [1.165, 1.54) is 43.2 Å². The number of benzene rings is 1. The number of allylic oxidation sites excluding steroid dienone is 3. The zero-order valence-electron chi connectivity index (χ0n) is 55.3. The maximum Gasteiger partial charge on any atom is 0.339 e. The summed E-state index contributed by atoms with van der Waals surface area (Å²) in [7, 11) is 0. The minimum Gasteiger partial charge on any atom is -0.469 e. The highest BCUT2D eigenvalue weighted by molar-refractivity contribution is 5.94. The van der Waals surface area contributed by atoms with Crippen molar-refractivity contribution in [3.63, 3.8) is 0 Å². The third kappa shape index (κ3) is 6.57. The molecule has 2 aromatic rings. The van der Waals surface area contributed by atoms with Crippen molar-refractivity contribution >= 4 is 17.7 Å². The van der Waals surface area contributed by atoms with Crippen molar-refractivity contribution in [2.75, 3.05) is 26.4 Å². The van der Waals surface area contributed by atoms with E-state index in [1.54, 1.807) is 6.26 Å². The van der Waals surface area contributed by atoms with Crippen LogP contribution in [0.2, 0.25) is 0 Å². The average molecular weight is 1280 g/mol. The molecule has 13 heteroatoms. The van der Waals surface area contributed by atoms with Crippen LogP contribution in [0.15, 0.2) is 83.2 Å². The summed E-state index contributed by atoms with van der Waals surface area (Å²) in [5, 5.41) is 42.3. The second kappa shape index (κ2) is 19.3. The van der Waals surface area contributed by atoms with E-state index in [0.29, 0.717) is 67.1 Å². The summed E-state index contributed by atoms with van der Waals surface area (Å²) in [5.74, 6) is 7.17. The molecule has 498 valence electrons. The van der Waals surface area contributed by atoms with E-state index in [0.717, 1.165) is 109 Å². The van der Waals surface area contributed by atoms with Gasteiger partial charge in [-0.2, -0.15) is 0 Å². The molecule has 10 saturated carbocycles. The monoisotopic (exact) mass is 1270 g/mol. The van der Waals surface area contributed by atoms with Crippen molar-refractivity contribution < 1.29 is 53.1 Å². The first-order valence-corrected chi connectivity index (χ1v) is 38.0. The van der Waals surface area contributed by atoms with Crippen LogP contribution >= 0.6 is 0 Å². The van der Waals surface area contributed by atoms with Gasteiger partial charge in [0.05, 0.1) is 54.9 Å². The second-order valence-corrected chi connectivity index (χ2v) is 36.2. The van der Waals surface area contributed by atoms with Crippen LogP contribution in [0.4, 0.5) is 0 Å². The molecule has 29 atom stereocenters. The number of carbonyl (C=O) groups excluding carboxylic acids is 3. The number of furan rings is 1. The van der Waals surface area contributed by atoms with Gasteiger partial charge in [-0.1, -0.05) is 99.6 Å². The van der Waals surface area contributed by atoms with Gasteiger partial charge in [0.25, 0.3) is 0 Å². The van der Waals surface area contributed by atoms with Crippen LogP contribution in [-0.2, 0) is 51.8 Å². The number of hydrogen-bond donors (Lipinski definition) is 4. The van der Waals surface area contributed by atoms with Crippen LogP contribution in [0.3, 0.4) is 0 Å². The van der Waals surface area contributed by atoms with E-state index in [2.05, 4.69) is 96.7 Å². The number of cyclic esters (lactones) is 1. The van der Waals surface area contributed by atoms with Crippen molar-refractivity contribution in [2.24, 2.45) is 127 Å². The number of aliphatic hydroxyl groups is 3. The summed E-state index contributed by atoms with van der Waals surface area (Å²) < 4.78 is 38.5. The lowest BCUT2D eigenvalue weighted by Gasteiger charge is -2.74. The first-order chi connectivity index (χ1) is 45.6. The average Bonchev–Trinajstić information content (AvgIpc) is 1.40. The number of carbonyl (C=O) groups is 3. The fraction of sp³-hybridized carbons (Fsp3) is 0.741. The molecule has 19 aliphatic rings. The molecule has 21 rings (SSSR count). The molecule has 8 heterocycles. The lowest BCUT2D eigenvalue weighted by Crippen LogP contribution is -2.84. The molecule has 0 radical (unpaired) electrons. The van der Waals surface area contributed by atoms with Gasteiger partial charge in [-0.15, -0.1) is 0 Å². The summed E-state index contributed by atoms with van der Waals surface area (Å²) in [6.07, 6.45) is 32.1. The van der Waals surface area contributed by atoms with Gasteiger partial charge in [0.15, 0.2) is 17.5 Å². The highest BCUT2D eigenvalue weighted by Gasteiger charge is 3.01. The molecule has 1 aromatic carbocycles. The largest absolute Gasteiger partial charge is 0.469 e. The summed E-state index contributed by atoms with van der Waals surface area (Å²) in [6.45, 7) is 6.34. The number of aliphatic hydroxyl groups excluding tert-OH is 3. The summed E-state index contributed by atoms with van der Waals surface area (Å²) in [6, 6.07) is 13.3. The van der Waals surface area contributed by atoms with Gasteiger partial charge < -0.3 is 43.6 Å². The molecule has 0 unspecified atom stereocenters. The lowest BCUT2D eigenvalue weighted by molar-refractivity contribution is -0.315. The standard InChI is InChI=1S/C81H98N2O11/c1-45-55-15-8-13-48(55)20-28-74(45)25-10-26-77-63(74)35-53-34-54-39-73(23-6-7-24-73)42-75(54)38-52-37-72(2)78(58-22-30-90-62(58)36-57(61(85)41-84)50-18-19-56-51(33-50)21-29-83-44-82-40-60(56)83)27-9-14-49-17-16-47(31-46-11-4-3-5-12-46)32-59(49)79(81(72)69(92-81)71(89)93-78)65(52)76(66(77)64(86)68(79)87)43-91-70(88)67(75)80(53,76)94-77/h3-5,11-12,20-22,28-30,35,45,47-52,54-57,59-61,63,65-69,82,84-85,87H,6-8,10,13,15-19,23-27,31-34,36-44H2,1-2H3/t45-,47+,48+,49-,50+,51-,52+,54+,55-,56+,57+,59+,60+,61-,63+,65-,66+,67+,68-,69-,72+,74-,75-,76-,77+,78+,79+,80+,81-/m1/s1. The number of nitrogens with zero attached hydrogens (tertiary/aromatic N) is 1. The van der Waals surface area contributed by atoms with Crippen LogP contribution in [0, 0.1) is 139 Å². The Bertz CT molecular complexity index is 3750. The topological polar surface area (TPSA) is 181 Å². The van der Waals surface area contributed by atoms with Gasteiger partial charge in [-0.3, -0.25) is 14.9 Å². The fourth-order valence-corrected chi connectivity index (χ4v) is 31.2. The van der Waals surface area contributed by atoms with Gasteiger partial charge in [0.2, 0.25) is 0 Å². The Hall–Kier alpha value is -4.55. The van der Waals surface area contributed by atoms with E-state index < -0.39 is 98.6 Å². The van der Waals surface area contributed by atoms with Crippen LogP contribution in [0.25, 0.3) is 0 Å². The van der Waals surface area contributed by atoms with Gasteiger partial charge in [0.1, 0.15) is 29.7 Å². The molecular formula is C81H98N2O11. The van der Waals surface area contributed by atoms with Crippen molar-refractivity contribution in [1.82, 2.24) is 10.2 Å². The van der Waals surface area contributed by atoms with Gasteiger partial charge >= 0.3 is 11.9 Å². The Balaban J connectivity index is 0.798. The highest BCUT2D eigenvalue weighted by atomic mass is 16.7. The first kappa shape index (κ1) is 58.4. The highest BCUT2D eigenvalue weighted by Crippen LogP contribution is 2.92. The van der Waals surface area contributed by atoms with E-state index in [-0.39, 0.29) is 77.0 Å². The maximum atomic E-state index is 18.2. The number of hydrogen-bond acceptors (Lipinski definition) is 13. The number of Topliss-reactive ketones (excluding diaryl/α,β-unsaturated/α-hetero) is 1. The van der Waals surface area contributed by atoms with Crippen molar-refractivity contribution in [3.05, 3.63) is 95.6 Å². The Morgan fingerprint density at radius 1 is 0.883 bits per heavy atom. The van der Waals surface area contributed by atoms with Crippen molar-refractivity contribution in [1.29, 1.82) is 0 Å². The molecule has 9 bridgehead atoms. The Labute approximate surface area is 554 Å². The Kier molecular flexibility index (Phi) is 12.0. The van der Waals surface area contributed by atoms with Crippen LogP contribution in [0.1, 0.15) is 172 Å². The predicted octanol–water partition coefficient (Wildman–Crippen LogP) is 11.1. The minimum atomic E-state index is -1.57. The van der Waals surface area contributed by atoms with E-state index in [4.69, 9.17) is 23.4 Å². The van der Waals surface area contributed by atoms with Gasteiger partial charge in [-0.25, -0.2) is 4.79 Å². The van der Waals surface area contributed by atoms with Gasteiger partial charge in [0, 0.05) is 52.7 Å². The third-order valence-electron chi connectivity index (χ3n) is 33.8. The molecule has 8 spiro atoms. The third-order valence-corrected chi connectivity index (χ3v) is 33.8. The second-order valence-electron chi connectivity index (χ2n) is 36.2. The zero-order chi connectivity index (χ0) is 63.1. The summed E-state index contributed by atoms with van der Waals surface area (Å²) in [4.78, 5) is 53.5. The minimum absolute atomic E-state index is 0.0353. The maximum absolute atomic E-state index is 18.2. The van der Waals surface area contributed by atoms with Crippen molar-refractivity contribution in [2.45, 2.75) is 215 Å². The molecule has 7 aliphatic heterocycles. The smallest absolute Gasteiger partial charge is 0.339 e. The summed E-state index contributed by atoms with van der Waals surface area (Å²) >= 11 is 0. The number of esters is 2. The number of ether oxygens (including phenoxy) is 4. The predicted molar refractivity (Wildman–Crippen MR) is 346 cm³/mol. The molecule has 0 amide bonds. The Morgan fingerprint density at radius 2 is 1.76 bits per heavy atom. The molecule has 1 aromatic heterocycles. The number of epoxide rings is 1.